The largest absolute Gasteiger partial charge is 0.493 e. The smallest absolute Gasteiger partial charge is 0.377 e. The Morgan fingerprint density at radius 1 is 1.55 bits per heavy atom. The summed E-state index contributed by atoms with van der Waals surface area (Å²) in [5.41, 5.74) is -1.01. The van der Waals surface area contributed by atoms with E-state index in [1.165, 1.54) is 0 Å². The zero-order chi connectivity index (χ0) is 15.2. The molecule has 0 spiro atoms. The van der Waals surface area contributed by atoms with Crippen LogP contribution >= 0.6 is 0 Å². The van der Waals surface area contributed by atoms with Crippen LogP contribution in [0.5, 0.6) is 0 Å². The maximum atomic E-state index is 11.7. The van der Waals surface area contributed by atoms with Gasteiger partial charge in [-0.15, -0.1) is 0 Å². The summed E-state index contributed by atoms with van der Waals surface area (Å²) in [4.78, 5) is 23.2. The molecule has 0 fully saturated rings. The molecule has 0 aromatic carbocycles. The predicted octanol–water partition coefficient (Wildman–Crippen LogP) is 0.472. The lowest BCUT2D eigenvalue weighted by Gasteiger charge is -2.27. The third kappa shape index (κ3) is 4.16. The van der Waals surface area contributed by atoms with Gasteiger partial charge in [0.05, 0.1) is 6.07 Å². The first-order valence-electron chi connectivity index (χ1n) is 6.23. The van der Waals surface area contributed by atoms with E-state index in [1.54, 1.807) is 6.92 Å². The summed E-state index contributed by atoms with van der Waals surface area (Å²) in [5, 5.41) is 11.6. The minimum atomic E-state index is -1.01. The lowest BCUT2D eigenvalue weighted by atomic mass is 9.90. The lowest BCUT2D eigenvalue weighted by molar-refractivity contribution is -0.149. The quantitative estimate of drug-likeness (QED) is 0.736. The van der Waals surface area contributed by atoms with Crippen LogP contribution in [0.2, 0.25) is 0 Å². The third-order valence-electron chi connectivity index (χ3n) is 2.97. The van der Waals surface area contributed by atoms with Crippen molar-refractivity contribution < 1.29 is 23.8 Å². The minimum absolute atomic E-state index is 0.0732. The van der Waals surface area contributed by atoms with Crippen LogP contribution < -0.4 is 5.32 Å². The number of hydrogen-bond acceptors (Lipinski definition) is 6. The number of carbonyl (C=O) groups excluding carboxylic acids is 2. The van der Waals surface area contributed by atoms with E-state index >= 15 is 0 Å². The zero-order valence-corrected chi connectivity index (χ0v) is 11.8. The molecule has 0 radical (unpaired) electrons. The monoisotopic (exact) mass is 282 g/mol. The van der Waals surface area contributed by atoms with Gasteiger partial charge in [-0.1, -0.05) is 13.8 Å². The molecule has 7 heteroatoms. The van der Waals surface area contributed by atoms with E-state index in [-0.39, 0.29) is 18.3 Å². The Labute approximate surface area is 117 Å². The zero-order valence-electron chi connectivity index (χ0n) is 11.8. The lowest BCUT2D eigenvalue weighted by Crippen LogP contribution is -2.50. The average Bonchev–Trinajstić information content (AvgIpc) is 2.45. The summed E-state index contributed by atoms with van der Waals surface area (Å²) in [5.74, 6) is -1.47. The molecule has 0 aromatic heterocycles. The SMILES string of the molecule is CC(C)C(C)(C#N)NC(=O)COC(=O)C1=COCCO1. The number of ether oxygens (including phenoxy) is 3. The van der Waals surface area contributed by atoms with Crippen molar-refractivity contribution in [2.75, 3.05) is 19.8 Å². The molecule has 1 N–H and O–H groups in total. The van der Waals surface area contributed by atoms with Crippen LogP contribution in [0.1, 0.15) is 20.8 Å². The molecular weight excluding hydrogens is 264 g/mol. The summed E-state index contributed by atoms with van der Waals surface area (Å²) in [6.45, 7) is 5.38. The Hall–Kier alpha value is -2.23. The summed E-state index contributed by atoms with van der Waals surface area (Å²) < 4.78 is 14.7. The number of nitrogens with one attached hydrogen (secondary N) is 1. The molecule has 0 aromatic rings. The number of esters is 1. The molecule has 0 saturated carbocycles. The number of nitriles is 1. The Kier molecular flexibility index (Phi) is 5.38. The highest BCUT2D eigenvalue weighted by molar-refractivity contribution is 5.88. The molecule has 1 amide bonds. The van der Waals surface area contributed by atoms with E-state index in [0.717, 1.165) is 6.26 Å². The second kappa shape index (κ2) is 6.80. The van der Waals surface area contributed by atoms with Crippen LogP contribution in [-0.2, 0) is 23.8 Å². The van der Waals surface area contributed by atoms with E-state index in [1.807, 2.05) is 19.9 Å². The van der Waals surface area contributed by atoms with Crippen molar-refractivity contribution in [3.63, 3.8) is 0 Å². The van der Waals surface area contributed by atoms with Crippen molar-refractivity contribution in [2.45, 2.75) is 26.3 Å². The average molecular weight is 282 g/mol. The van der Waals surface area contributed by atoms with Gasteiger partial charge in [-0.3, -0.25) is 4.79 Å². The molecule has 1 rings (SSSR count). The summed E-state index contributed by atoms with van der Waals surface area (Å²) in [6.07, 6.45) is 1.15. The molecule has 0 aliphatic carbocycles. The fraction of sp³-hybridized carbons (Fsp3) is 0.615. The highest BCUT2D eigenvalue weighted by Crippen LogP contribution is 2.15. The molecule has 20 heavy (non-hydrogen) atoms. The van der Waals surface area contributed by atoms with Crippen molar-refractivity contribution in [1.82, 2.24) is 5.32 Å². The first-order chi connectivity index (χ1) is 9.39. The number of amides is 1. The van der Waals surface area contributed by atoms with Crippen LogP contribution in [0.4, 0.5) is 0 Å². The standard InChI is InChI=1S/C13H18N2O5/c1-9(2)13(3,8-14)15-11(16)7-20-12(17)10-6-18-4-5-19-10/h6,9H,4-5,7H2,1-3H3,(H,15,16). The van der Waals surface area contributed by atoms with Gasteiger partial charge >= 0.3 is 5.97 Å². The van der Waals surface area contributed by atoms with Crippen LogP contribution in [0.25, 0.3) is 0 Å². The molecule has 110 valence electrons. The van der Waals surface area contributed by atoms with Gasteiger partial charge in [0.25, 0.3) is 5.91 Å². The Bertz CT molecular complexity index is 452. The van der Waals surface area contributed by atoms with E-state index in [4.69, 9.17) is 19.5 Å². The Morgan fingerprint density at radius 3 is 2.75 bits per heavy atom. The maximum absolute atomic E-state index is 11.7. The van der Waals surface area contributed by atoms with Gasteiger partial charge in [0, 0.05) is 0 Å². The number of nitrogens with zero attached hydrogens (tertiary/aromatic N) is 1. The van der Waals surface area contributed by atoms with Crippen molar-refractivity contribution in [3.05, 3.63) is 12.0 Å². The topological polar surface area (TPSA) is 97.7 Å². The second-order valence-corrected chi connectivity index (χ2v) is 4.79. The molecule has 1 unspecified atom stereocenters. The maximum Gasteiger partial charge on any atom is 0.377 e. The molecular formula is C13H18N2O5. The molecule has 1 aliphatic heterocycles. The number of rotatable bonds is 5. The second-order valence-electron chi connectivity index (χ2n) is 4.79. The Morgan fingerprint density at radius 2 is 2.25 bits per heavy atom. The van der Waals surface area contributed by atoms with Crippen LogP contribution in [0.15, 0.2) is 12.0 Å². The van der Waals surface area contributed by atoms with E-state index in [2.05, 4.69) is 5.32 Å². The fourth-order valence-electron chi connectivity index (χ4n) is 1.30. The van der Waals surface area contributed by atoms with Crippen LogP contribution in [-0.4, -0.2) is 37.2 Å². The summed E-state index contributed by atoms with van der Waals surface area (Å²) in [7, 11) is 0. The molecule has 0 bridgehead atoms. The van der Waals surface area contributed by atoms with Crippen molar-refractivity contribution in [3.8, 4) is 6.07 Å². The van der Waals surface area contributed by atoms with Crippen molar-refractivity contribution >= 4 is 11.9 Å². The van der Waals surface area contributed by atoms with Gasteiger partial charge in [-0.05, 0) is 12.8 Å². The fourth-order valence-corrected chi connectivity index (χ4v) is 1.30. The van der Waals surface area contributed by atoms with Crippen molar-refractivity contribution in [2.24, 2.45) is 5.92 Å². The highest BCUT2D eigenvalue weighted by Gasteiger charge is 2.30. The Balaban J connectivity index is 2.46. The first-order valence-corrected chi connectivity index (χ1v) is 6.23. The van der Waals surface area contributed by atoms with E-state index in [9.17, 15) is 9.59 Å². The van der Waals surface area contributed by atoms with Crippen LogP contribution in [0.3, 0.4) is 0 Å². The third-order valence-corrected chi connectivity index (χ3v) is 2.97. The van der Waals surface area contributed by atoms with E-state index < -0.39 is 24.0 Å². The molecule has 7 nitrogen and oxygen atoms in total. The van der Waals surface area contributed by atoms with Gasteiger partial charge in [0.2, 0.25) is 5.76 Å². The number of hydrogen-bond donors (Lipinski definition) is 1. The predicted molar refractivity (Wildman–Crippen MR) is 67.9 cm³/mol. The minimum Gasteiger partial charge on any atom is -0.493 e. The number of carbonyl (C=O) groups is 2. The first kappa shape index (κ1) is 15.8. The van der Waals surface area contributed by atoms with Gasteiger partial charge in [-0.25, -0.2) is 4.79 Å². The van der Waals surface area contributed by atoms with Gasteiger partial charge in [-0.2, -0.15) is 5.26 Å². The molecule has 1 aliphatic rings. The van der Waals surface area contributed by atoms with Gasteiger partial charge in [0.1, 0.15) is 25.0 Å². The molecule has 1 heterocycles. The van der Waals surface area contributed by atoms with Gasteiger partial charge in [0.15, 0.2) is 6.61 Å². The van der Waals surface area contributed by atoms with Crippen molar-refractivity contribution in [1.29, 1.82) is 5.26 Å². The molecule has 1 atom stereocenters. The van der Waals surface area contributed by atoms with Crippen LogP contribution in [0, 0.1) is 17.2 Å². The highest BCUT2D eigenvalue weighted by atomic mass is 16.6. The summed E-state index contributed by atoms with van der Waals surface area (Å²) >= 11 is 0. The van der Waals surface area contributed by atoms with Gasteiger partial charge < -0.3 is 19.5 Å². The normalized spacial score (nSPS) is 16.9. The molecule has 0 saturated heterocycles. The summed E-state index contributed by atoms with van der Waals surface area (Å²) in [6, 6.07) is 2.03. The van der Waals surface area contributed by atoms with E-state index in [0.29, 0.717) is 6.61 Å².